The van der Waals surface area contributed by atoms with Gasteiger partial charge in [0.1, 0.15) is 0 Å². The molecule has 1 heterocycles. The highest BCUT2D eigenvalue weighted by Crippen LogP contribution is 2.31. The van der Waals surface area contributed by atoms with Crippen LogP contribution in [0.4, 0.5) is 0 Å². The molecule has 1 unspecified atom stereocenters. The van der Waals surface area contributed by atoms with Crippen molar-refractivity contribution < 1.29 is 9.90 Å². The van der Waals surface area contributed by atoms with Crippen LogP contribution < -0.4 is 0 Å². The Morgan fingerprint density at radius 2 is 1.94 bits per heavy atom. The maximum absolute atomic E-state index is 11.8. The molecule has 1 N–H and O–H groups in total. The number of hydrogen-bond donors (Lipinski definition) is 1. The summed E-state index contributed by atoms with van der Waals surface area (Å²) in [6.07, 6.45) is 4.83. The van der Waals surface area contributed by atoms with Crippen LogP contribution in [0, 0.1) is 11.8 Å². The van der Waals surface area contributed by atoms with Crippen molar-refractivity contribution in [3.63, 3.8) is 0 Å². The summed E-state index contributed by atoms with van der Waals surface area (Å²) in [6.45, 7) is 1.14. The molecule has 92 valence electrons. The largest absolute Gasteiger partial charge is 0.396 e. The quantitative estimate of drug-likeness (QED) is 0.768. The van der Waals surface area contributed by atoms with E-state index < -0.39 is 0 Å². The van der Waals surface area contributed by atoms with Gasteiger partial charge in [-0.25, -0.2) is 0 Å². The molecule has 1 aliphatic carbocycles. The molecule has 1 saturated carbocycles. The van der Waals surface area contributed by atoms with E-state index in [1.807, 2.05) is 4.90 Å². The van der Waals surface area contributed by atoms with Gasteiger partial charge in [0, 0.05) is 31.5 Å². The third-order valence-electron chi connectivity index (χ3n) is 3.97. The number of rotatable bonds is 3. The molecule has 0 bridgehead atoms. The summed E-state index contributed by atoms with van der Waals surface area (Å²) in [5, 5.41) is 9.08. The summed E-state index contributed by atoms with van der Waals surface area (Å²) < 4.78 is 0. The number of nitrogens with zero attached hydrogens (tertiary/aromatic N) is 1. The lowest BCUT2D eigenvalue weighted by atomic mass is 9.86. The first-order valence-corrected chi connectivity index (χ1v) is 6.74. The zero-order valence-corrected chi connectivity index (χ0v) is 10.3. The summed E-state index contributed by atoms with van der Waals surface area (Å²) in [5.74, 6) is 1.68. The van der Waals surface area contributed by atoms with Crippen molar-refractivity contribution in [1.82, 2.24) is 4.90 Å². The number of aliphatic hydroxyl groups is 1. The molecule has 16 heavy (non-hydrogen) atoms. The van der Waals surface area contributed by atoms with Crippen LogP contribution in [-0.2, 0) is 4.79 Å². The summed E-state index contributed by atoms with van der Waals surface area (Å²) in [5.41, 5.74) is 0. The van der Waals surface area contributed by atoms with E-state index in [1.54, 1.807) is 0 Å². The Morgan fingerprint density at radius 1 is 1.25 bits per heavy atom. The highest BCUT2D eigenvalue weighted by atomic mass is 35.5. The highest BCUT2D eigenvalue weighted by Gasteiger charge is 2.35. The van der Waals surface area contributed by atoms with Crippen molar-refractivity contribution >= 4 is 17.5 Å². The van der Waals surface area contributed by atoms with Gasteiger partial charge in [0.25, 0.3) is 0 Å². The Kier molecular flexibility index (Phi) is 4.09. The summed E-state index contributed by atoms with van der Waals surface area (Å²) in [7, 11) is 0. The fraction of sp³-hybridized carbons (Fsp3) is 0.917. The van der Waals surface area contributed by atoms with Gasteiger partial charge in [-0.1, -0.05) is 0 Å². The van der Waals surface area contributed by atoms with Crippen molar-refractivity contribution in [1.29, 1.82) is 0 Å². The third kappa shape index (κ3) is 2.51. The van der Waals surface area contributed by atoms with E-state index in [9.17, 15) is 4.79 Å². The Labute approximate surface area is 102 Å². The molecular formula is C12H20ClNO2. The Balaban J connectivity index is 1.87. The molecule has 4 heteroatoms. The van der Waals surface area contributed by atoms with Crippen LogP contribution in [0.15, 0.2) is 0 Å². The first-order valence-electron chi connectivity index (χ1n) is 6.21. The topological polar surface area (TPSA) is 40.5 Å². The number of alkyl halides is 1. The average molecular weight is 246 g/mol. The molecule has 1 aliphatic heterocycles. The normalized spacial score (nSPS) is 35.8. The number of aliphatic hydroxyl groups excluding tert-OH is 1. The predicted molar refractivity (Wildman–Crippen MR) is 63.4 cm³/mol. The van der Waals surface area contributed by atoms with Crippen LogP contribution in [0.1, 0.15) is 32.1 Å². The predicted octanol–water partition coefficient (Wildman–Crippen LogP) is 1.62. The van der Waals surface area contributed by atoms with Gasteiger partial charge >= 0.3 is 0 Å². The zero-order valence-electron chi connectivity index (χ0n) is 9.57. The second kappa shape index (κ2) is 5.37. The van der Waals surface area contributed by atoms with Crippen molar-refractivity contribution in [3.8, 4) is 0 Å². The molecule has 2 fully saturated rings. The van der Waals surface area contributed by atoms with E-state index in [-0.39, 0.29) is 5.91 Å². The van der Waals surface area contributed by atoms with Crippen molar-refractivity contribution in [2.45, 2.75) is 38.1 Å². The van der Waals surface area contributed by atoms with Crippen LogP contribution >= 0.6 is 11.6 Å². The lowest BCUT2D eigenvalue weighted by molar-refractivity contribution is -0.130. The van der Waals surface area contributed by atoms with Gasteiger partial charge in [-0.3, -0.25) is 4.79 Å². The second-order valence-electron chi connectivity index (χ2n) is 5.13. The van der Waals surface area contributed by atoms with Crippen LogP contribution in [0.2, 0.25) is 0 Å². The second-order valence-corrected chi connectivity index (χ2v) is 5.44. The number of hydrogen-bond acceptors (Lipinski definition) is 2. The maximum atomic E-state index is 11.8. The molecular weight excluding hydrogens is 226 g/mol. The van der Waals surface area contributed by atoms with Crippen LogP contribution in [0.3, 0.4) is 0 Å². The van der Waals surface area contributed by atoms with E-state index in [2.05, 4.69) is 0 Å². The fourth-order valence-electron chi connectivity index (χ4n) is 2.90. The van der Waals surface area contributed by atoms with Gasteiger partial charge in [-0.05, 0) is 37.5 Å². The molecule has 1 saturated heterocycles. The zero-order chi connectivity index (χ0) is 11.5. The Bertz CT molecular complexity index is 251. The number of carbonyl (C=O) groups excluding carboxylic acids is 1. The molecule has 3 nitrogen and oxygen atoms in total. The lowest BCUT2D eigenvalue weighted by Gasteiger charge is -2.34. The monoisotopic (exact) mass is 245 g/mol. The number of halogens is 1. The van der Waals surface area contributed by atoms with E-state index in [0.29, 0.717) is 36.8 Å². The molecule has 0 aromatic carbocycles. The van der Waals surface area contributed by atoms with Gasteiger partial charge < -0.3 is 10.0 Å². The number of amides is 1. The minimum Gasteiger partial charge on any atom is -0.396 e. The van der Waals surface area contributed by atoms with Crippen LogP contribution in [0.5, 0.6) is 0 Å². The lowest BCUT2D eigenvalue weighted by Crippen LogP contribution is -2.39. The first kappa shape index (κ1) is 12.2. The van der Waals surface area contributed by atoms with E-state index in [1.165, 1.54) is 0 Å². The molecule has 0 aromatic rings. The van der Waals surface area contributed by atoms with Crippen molar-refractivity contribution in [2.75, 3.05) is 19.0 Å². The van der Waals surface area contributed by atoms with Crippen LogP contribution in [-0.4, -0.2) is 41.0 Å². The molecule has 2 aliphatic rings. The first-order chi connectivity index (χ1) is 7.74. The third-order valence-corrected chi connectivity index (χ3v) is 4.41. The minimum absolute atomic E-state index is 0.276. The van der Waals surface area contributed by atoms with Gasteiger partial charge in [-0.2, -0.15) is 0 Å². The maximum Gasteiger partial charge on any atom is 0.223 e. The van der Waals surface area contributed by atoms with Crippen molar-refractivity contribution in [2.24, 2.45) is 11.8 Å². The SMILES string of the molecule is O=C1CC(CCl)CN1C1CCC(CO)CC1. The number of carbonyl (C=O) groups is 1. The highest BCUT2D eigenvalue weighted by molar-refractivity contribution is 6.18. The summed E-state index contributed by atoms with van der Waals surface area (Å²) in [6, 6.07) is 0.406. The van der Waals surface area contributed by atoms with Crippen LogP contribution in [0.25, 0.3) is 0 Å². The van der Waals surface area contributed by atoms with Crippen molar-refractivity contribution in [3.05, 3.63) is 0 Å². The molecule has 0 radical (unpaired) electrons. The van der Waals surface area contributed by atoms with E-state index in [0.717, 1.165) is 32.2 Å². The minimum atomic E-state index is 0.276. The summed E-state index contributed by atoms with van der Waals surface area (Å²) >= 11 is 5.81. The molecule has 0 aromatic heterocycles. The Morgan fingerprint density at radius 3 is 2.44 bits per heavy atom. The van der Waals surface area contributed by atoms with E-state index >= 15 is 0 Å². The molecule has 2 rings (SSSR count). The van der Waals surface area contributed by atoms with Gasteiger partial charge in [0.15, 0.2) is 0 Å². The number of likely N-dealkylation sites (tertiary alicyclic amines) is 1. The van der Waals surface area contributed by atoms with Gasteiger partial charge in [0.2, 0.25) is 5.91 Å². The fourth-order valence-corrected chi connectivity index (χ4v) is 3.11. The summed E-state index contributed by atoms with van der Waals surface area (Å²) in [4.78, 5) is 13.8. The van der Waals surface area contributed by atoms with Gasteiger partial charge in [0.05, 0.1) is 0 Å². The molecule has 1 atom stereocenters. The molecule has 0 spiro atoms. The molecule has 1 amide bonds. The average Bonchev–Trinajstić information content (AvgIpc) is 2.71. The Hall–Kier alpha value is -0.280. The standard InChI is InChI=1S/C12H20ClNO2/c13-6-10-5-12(16)14(7-10)11-3-1-9(8-15)2-4-11/h9-11,15H,1-8H2. The van der Waals surface area contributed by atoms with Gasteiger partial charge in [-0.15, -0.1) is 11.6 Å². The van der Waals surface area contributed by atoms with E-state index in [4.69, 9.17) is 16.7 Å². The smallest absolute Gasteiger partial charge is 0.223 e.